The van der Waals surface area contributed by atoms with E-state index in [1.807, 2.05) is 30.3 Å². The number of nitrogens with two attached hydrogens (primary N) is 2. The van der Waals surface area contributed by atoms with Gasteiger partial charge in [0, 0.05) is 6.54 Å². The van der Waals surface area contributed by atoms with Gasteiger partial charge in [-0.25, -0.2) is 4.79 Å². The summed E-state index contributed by atoms with van der Waals surface area (Å²) in [5.41, 5.74) is 16.0. The van der Waals surface area contributed by atoms with Gasteiger partial charge in [-0.15, -0.1) is 0 Å². The molecule has 0 radical (unpaired) electrons. The molecular formula is C15H15N3O2. The SMILES string of the molecule is NCc1cccc(C(N)c2ccc3[nH]c(=O)oc3c2)c1. The third-order valence-electron chi connectivity index (χ3n) is 3.35. The smallest absolute Gasteiger partial charge is 0.408 e. The maximum Gasteiger partial charge on any atom is 0.417 e. The number of aromatic nitrogens is 1. The maximum absolute atomic E-state index is 11.2. The summed E-state index contributed by atoms with van der Waals surface area (Å²) in [5, 5.41) is 0. The molecule has 3 rings (SSSR count). The Kier molecular flexibility index (Phi) is 3.14. The van der Waals surface area contributed by atoms with Crippen LogP contribution >= 0.6 is 0 Å². The Morgan fingerprint density at radius 2 is 1.95 bits per heavy atom. The van der Waals surface area contributed by atoms with Crippen molar-refractivity contribution in [2.75, 3.05) is 0 Å². The Balaban J connectivity index is 2.02. The van der Waals surface area contributed by atoms with E-state index in [9.17, 15) is 4.79 Å². The van der Waals surface area contributed by atoms with Crippen LogP contribution in [-0.4, -0.2) is 4.98 Å². The standard InChI is InChI=1S/C15H15N3O2/c16-8-9-2-1-3-10(6-9)14(17)11-4-5-12-13(7-11)20-15(19)18-12/h1-7,14H,8,16-17H2,(H,18,19). The van der Waals surface area contributed by atoms with Crippen molar-refractivity contribution < 1.29 is 4.42 Å². The molecule has 0 aliphatic heterocycles. The third kappa shape index (κ3) is 2.24. The first-order valence-corrected chi connectivity index (χ1v) is 6.34. The Morgan fingerprint density at radius 3 is 2.75 bits per heavy atom. The van der Waals surface area contributed by atoms with Gasteiger partial charge in [0.25, 0.3) is 0 Å². The number of hydrogen-bond donors (Lipinski definition) is 3. The van der Waals surface area contributed by atoms with E-state index < -0.39 is 5.76 Å². The van der Waals surface area contributed by atoms with E-state index in [2.05, 4.69) is 4.98 Å². The van der Waals surface area contributed by atoms with Gasteiger partial charge in [0.05, 0.1) is 11.6 Å². The molecule has 1 aromatic heterocycles. The van der Waals surface area contributed by atoms with Gasteiger partial charge in [-0.3, -0.25) is 4.98 Å². The van der Waals surface area contributed by atoms with Crippen LogP contribution in [0.4, 0.5) is 0 Å². The second-order valence-corrected chi connectivity index (χ2v) is 4.70. The molecule has 5 nitrogen and oxygen atoms in total. The molecule has 5 N–H and O–H groups in total. The second kappa shape index (κ2) is 4.96. The largest absolute Gasteiger partial charge is 0.417 e. The number of oxazole rings is 1. The molecule has 2 aromatic carbocycles. The highest BCUT2D eigenvalue weighted by Gasteiger charge is 2.11. The van der Waals surface area contributed by atoms with Crippen molar-refractivity contribution in [1.29, 1.82) is 0 Å². The molecule has 0 spiro atoms. The molecule has 3 aromatic rings. The molecule has 1 atom stereocenters. The molecule has 0 aliphatic rings. The molecule has 0 aliphatic carbocycles. The normalized spacial score (nSPS) is 12.7. The number of nitrogens with one attached hydrogen (secondary N) is 1. The second-order valence-electron chi connectivity index (χ2n) is 4.70. The van der Waals surface area contributed by atoms with Gasteiger partial charge in [-0.1, -0.05) is 30.3 Å². The van der Waals surface area contributed by atoms with Crippen LogP contribution in [0.3, 0.4) is 0 Å². The monoisotopic (exact) mass is 269 g/mol. The molecule has 0 saturated carbocycles. The Morgan fingerprint density at radius 1 is 1.15 bits per heavy atom. The van der Waals surface area contributed by atoms with Gasteiger partial charge >= 0.3 is 5.76 Å². The lowest BCUT2D eigenvalue weighted by molar-refractivity contribution is 0.555. The van der Waals surface area contributed by atoms with E-state index in [0.717, 1.165) is 16.7 Å². The molecule has 20 heavy (non-hydrogen) atoms. The lowest BCUT2D eigenvalue weighted by Crippen LogP contribution is -2.12. The Bertz CT molecular complexity index is 804. The van der Waals surface area contributed by atoms with Crippen molar-refractivity contribution in [1.82, 2.24) is 4.98 Å². The van der Waals surface area contributed by atoms with E-state index >= 15 is 0 Å². The highest BCUT2D eigenvalue weighted by molar-refractivity contribution is 5.73. The van der Waals surface area contributed by atoms with Crippen LogP contribution in [-0.2, 0) is 6.54 Å². The zero-order valence-electron chi connectivity index (χ0n) is 10.8. The summed E-state index contributed by atoms with van der Waals surface area (Å²) >= 11 is 0. The quantitative estimate of drug-likeness (QED) is 0.673. The summed E-state index contributed by atoms with van der Waals surface area (Å²) < 4.78 is 5.05. The van der Waals surface area contributed by atoms with Gasteiger partial charge in [0.2, 0.25) is 0 Å². The highest BCUT2D eigenvalue weighted by Crippen LogP contribution is 2.23. The summed E-state index contributed by atoms with van der Waals surface area (Å²) in [4.78, 5) is 13.8. The lowest BCUT2D eigenvalue weighted by atomic mass is 9.98. The molecule has 1 heterocycles. The van der Waals surface area contributed by atoms with Crippen molar-refractivity contribution in [3.63, 3.8) is 0 Å². The lowest BCUT2D eigenvalue weighted by Gasteiger charge is -2.13. The molecule has 5 heteroatoms. The van der Waals surface area contributed by atoms with Gasteiger partial charge in [0.15, 0.2) is 5.58 Å². The predicted molar refractivity (Wildman–Crippen MR) is 77.2 cm³/mol. The van der Waals surface area contributed by atoms with Crippen molar-refractivity contribution >= 4 is 11.1 Å². The van der Waals surface area contributed by atoms with E-state index in [4.69, 9.17) is 15.9 Å². The van der Waals surface area contributed by atoms with Crippen LogP contribution in [0.1, 0.15) is 22.7 Å². The zero-order valence-corrected chi connectivity index (χ0v) is 10.8. The number of aromatic amines is 1. The first-order chi connectivity index (χ1) is 9.67. The van der Waals surface area contributed by atoms with Gasteiger partial charge < -0.3 is 15.9 Å². The van der Waals surface area contributed by atoms with Crippen molar-refractivity contribution in [2.24, 2.45) is 11.5 Å². The average molecular weight is 269 g/mol. The fourth-order valence-corrected chi connectivity index (χ4v) is 2.26. The van der Waals surface area contributed by atoms with Crippen molar-refractivity contribution in [3.05, 3.63) is 69.7 Å². The van der Waals surface area contributed by atoms with Crippen LogP contribution < -0.4 is 17.2 Å². The Hall–Kier alpha value is -2.37. The number of H-pyrrole nitrogens is 1. The minimum Gasteiger partial charge on any atom is -0.408 e. The van der Waals surface area contributed by atoms with Crippen LogP contribution in [0.25, 0.3) is 11.1 Å². The van der Waals surface area contributed by atoms with Gasteiger partial charge in [0.1, 0.15) is 0 Å². The van der Waals surface area contributed by atoms with E-state index in [1.54, 1.807) is 12.1 Å². The van der Waals surface area contributed by atoms with Crippen LogP contribution in [0.5, 0.6) is 0 Å². The fraction of sp³-hybridized carbons (Fsp3) is 0.133. The zero-order chi connectivity index (χ0) is 14.1. The predicted octanol–water partition coefficient (Wildman–Crippen LogP) is 1.63. The summed E-state index contributed by atoms with van der Waals surface area (Å²) in [6.07, 6.45) is 0. The minimum atomic E-state index is -0.462. The van der Waals surface area contributed by atoms with Crippen molar-refractivity contribution in [2.45, 2.75) is 12.6 Å². The molecule has 102 valence electrons. The molecule has 1 unspecified atom stereocenters. The minimum absolute atomic E-state index is 0.286. The summed E-state index contributed by atoms with van der Waals surface area (Å²) in [5.74, 6) is -0.462. The average Bonchev–Trinajstić information content (AvgIpc) is 2.85. The summed E-state index contributed by atoms with van der Waals surface area (Å²) in [6.45, 7) is 0.478. The van der Waals surface area contributed by atoms with Crippen molar-refractivity contribution in [3.8, 4) is 0 Å². The number of rotatable bonds is 3. The van der Waals surface area contributed by atoms with E-state index in [1.165, 1.54) is 0 Å². The summed E-state index contributed by atoms with van der Waals surface area (Å²) in [7, 11) is 0. The first kappa shape index (κ1) is 12.7. The van der Waals surface area contributed by atoms with E-state index in [0.29, 0.717) is 17.6 Å². The molecule has 0 bridgehead atoms. The molecule has 0 fully saturated rings. The summed E-state index contributed by atoms with van der Waals surface area (Å²) in [6, 6.07) is 13.0. The number of hydrogen-bond acceptors (Lipinski definition) is 4. The Labute approximate surface area is 115 Å². The molecule has 0 amide bonds. The third-order valence-corrected chi connectivity index (χ3v) is 3.35. The molecule has 0 saturated heterocycles. The maximum atomic E-state index is 11.2. The highest BCUT2D eigenvalue weighted by atomic mass is 16.4. The van der Waals surface area contributed by atoms with Crippen LogP contribution in [0.2, 0.25) is 0 Å². The van der Waals surface area contributed by atoms with Gasteiger partial charge in [-0.2, -0.15) is 0 Å². The number of benzene rings is 2. The molecular weight excluding hydrogens is 254 g/mol. The van der Waals surface area contributed by atoms with Crippen LogP contribution in [0, 0.1) is 0 Å². The topological polar surface area (TPSA) is 98.0 Å². The van der Waals surface area contributed by atoms with Gasteiger partial charge in [-0.05, 0) is 28.8 Å². The number of fused-ring (bicyclic) bond motifs is 1. The van der Waals surface area contributed by atoms with E-state index in [-0.39, 0.29) is 6.04 Å². The fourth-order valence-electron chi connectivity index (χ4n) is 2.26. The first-order valence-electron chi connectivity index (χ1n) is 6.34. The van der Waals surface area contributed by atoms with Crippen LogP contribution in [0.15, 0.2) is 51.7 Å².